The van der Waals surface area contributed by atoms with Crippen LogP contribution in [0, 0.1) is 5.92 Å². The van der Waals surface area contributed by atoms with Crippen molar-refractivity contribution < 1.29 is 4.79 Å². The van der Waals surface area contributed by atoms with Gasteiger partial charge in [-0.2, -0.15) is 0 Å². The van der Waals surface area contributed by atoms with Gasteiger partial charge in [-0.15, -0.1) is 0 Å². The molecule has 3 nitrogen and oxygen atoms in total. The van der Waals surface area contributed by atoms with Crippen LogP contribution >= 0.6 is 0 Å². The van der Waals surface area contributed by atoms with Crippen LogP contribution in [0.2, 0.25) is 0 Å². The number of hydrogen-bond donors (Lipinski definition) is 0. The molecular formula is C18H30N2O. The summed E-state index contributed by atoms with van der Waals surface area (Å²) in [6.07, 6.45) is 4.59. The first-order valence-electron chi connectivity index (χ1n) is 8.35. The van der Waals surface area contributed by atoms with Crippen molar-refractivity contribution in [2.45, 2.75) is 59.8 Å². The van der Waals surface area contributed by atoms with E-state index in [1.807, 2.05) is 27.0 Å². The van der Waals surface area contributed by atoms with Crippen molar-refractivity contribution in [2.24, 2.45) is 5.92 Å². The monoisotopic (exact) mass is 290 g/mol. The summed E-state index contributed by atoms with van der Waals surface area (Å²) in [5, 5.41) is 0. The summed E-state index contributed by atoms with van der Waals surface area (Å²) in [5.41, 5.74) is 1.28. The molecule has 0 amide bonds. The Kier molecular flexibility index (Phi) is 7.41. The minimum absolute atomic E-state index is 0.274. The van der Waals surface area contributed by atoms with Gasteiger partial charge in [0.1, 0.15) is 11.6 Å². The number of ketones is 1. The molecule has 1 aliphatic heterocycles. The molecule has 0 aliphatic carbocycles. The highest BCUT2D eigenvalue weighted by molar-refractivity contribution is 5.80. The van der Waals surface area contributed by atoms with Crippen LogP contribution in [-0.4, -0.2) is 23.9 Å². The Balaban J connectivity index is 0.00000106. The molecule has 0 radical (unpaired) electrons. The number of hydrogen-bond acceptors (Lipinski definition) is 3. The summed E-state index contributed by atoms with van der Waals surface area (Å²) >= 11 is 0. The second-order valence-electron chi connectivity index (χ2n) is 5.69. The van der Waals surface area contributed by atoms with Crippen LogP contribution in [0.25, 0.3) is 0 Å². The zero-order valence-corrected chi connectivity index (χ0v) is 14.2. The Bertz CT molecular complexity index is 417. The molecule has 2 rings (SSSR count). The molecule has 0 bridgehead atoms. The van der Waals surface area contributed by atoms with E-state index in [1.165, 1.54) is 5.56 Å². The van der Waals surface area contributed by atoms with E-state index < -0.39 is 0 Å². The van der Waals surface area contributed by atoms with Crippen molar-refractivity contribution in [1.29, 1.82) is 0 Å². The van der Waals surface area contributed by atoms with Crippen LogP contribution in [0.5, 0.6) is 0 Å². The molecule has 2 heterocycles. The lowest BCUT2D eigenvalue weighted by Crippen LogP contribution is -2.36. The van der Waals surface area contributed by atoms with E-state index in [9.17, 15) is 4.79 Å². The number of aromatic nitrogens is 1. The minimum Gasteiger partial charge on any atom is -0.357 e. The standard InChI is InChI=1S/C16H24N2O.C2H6/c1-4-15(19)13-7-9-18(10-8-13)16-6-5-14(11-17-16)12(2)3;1-2/h5-6,11-13H,4,7-10H2,1-3H3;1-2H3. The van der Waals surface area contributed by atoms with Crippen molar-refractivity contribution >= 4 is 11.6 Å². The van der Waals surface area contributed by atoms with E-state index in [0.717, 1.165) is 31.7 Å². The molecule has 0 atom stereocenters. The van der Waals surface area contributed by atoms with E-state index >= 15 is 0 Å². The van der Waals surface area contributed by atoms with E-state index in [0.29, 0.717) is 18.1 Å². The zero-order valence-electron chi connectivity index (χ0n) is 14.2. The first kappa shape index (κ1) is 17.7. The maximum absolute atomic E-state index is 11.7. The number of carbonyl (C=O) groups is 1. The van der Waals surface area contributed by atoms with Crippen LogP contribution < -0.4 is 4.90 Å². The van der Waals surface area contributed by atoms with Gasteiger partial charge in [-0.1, -0.05) is 40.7 Å². The number of Topliss-reactive ketones (excluding diaryl/α,β-unsaturated/α-hetero) is 1. The average molecular weight is 290 g/mol. The Labute approximate surface area is 129 Å². The summed E-state index contributed by atoms with van der Waals surface area (Å²) in [7, 11) is 0. The van der Waals surface area contributed by atoms with Crippen molar-refractivity contribution in [1.82, 2.24) is 4.98 Å². The van der Waals surface area contributed by atoms with Gasteiger partial charge in [-0.25, -0.2) is 4.98 Å². The van der Waals surface area contributed by atoms with Gasteiger partial charge in [0.15, 0.2) is 0 Å². The molecule has 1 aromatic heterocycles. The van der Waals surface area contributed by atoms with Gasteiger partial charge in [-0.05, 0) is 30.4 Å². The molecule has 1 saturated heterocycles. The third-order valence-electron chi connectivity index (χ3n) is 4.06. The Morgan fingerprint density at radius 1 is 1.29 bits per heavy atom. The topological polar surface area (TPSA) is 33.2 Å². The highest BCUT2D eigenvalue weighted by atomic mass is 16.1. The highest BCUT2D eigenvalue weighted by Gasteiger charge is 2.24. The fraction of sp³-hybridized carbons (Fsp3) is 0.667. The second-order valence-corrected chi connectivity index (χ2v) is 5.69. The SMILES string of the molecule is CC.CCC(=O)C1CCN(c2ccc(C(C)C)cn2)CC1. The number of anilines is 1. The van der Waals surface area contributed by atoms with Crippen molar-refractivity contribution in [2.75, 3.05) is 18.0 Å². The lowest BCUT2D eigenvalue weighted by molar-refractivity contribution is -0.123. The van der Waals surface area contributed by atoms with Crippen LogP contribution in [0.3, 0.4) is 0 Å². The van der Waals surface area contributed by atoms with Crippen LogP contribution in [0.1, 0.15) is 65.4 Å². The van der Waals surface area contributed by atoms with E-state index in [1.54, 1.807) is 0 Å². The van der Waals surface area contributed by atoms with Gasteiger partial charge in [0, 0.05) is 31.6 Å². The number of pyridine rings is 1. The van der Waals surface area contributed by atoms with Crippen LogP contribution in [0.15, 0.2) is 18.3 Å². The lowest BCUT2D eigenvalue weighted by atomic mass is 9.91. The summed E-state index contributed by atoms with van der Waals surface area (Å²) in [4.78, 5) is 18.5. The third kappa shape index (κ3) is 4.83. The summed E-state index contributed by atoms with van der Waals surface area (Å²) in [5.74, 6) is 2.26. The fourth-order valence-electron chi connectivity index (χ4n) is 2.65. The van der Waals surface area contributed by atoms with E-state index in [2.05, 4.69) is 35.9 Å². The maximum Gasteiger partial charge on any atom is 0.135 e. The fourth-order valence-corrected chi connectivity index (χ4v) is 2.65. The predicted molar refractivity (Wildman–Crippen MR) is 89.9 cm³/mol. The number of rotatable bonds is 4. The number of carbonyl (C=O) groups excluding carboxylic acids is 1. The molecule has 3 heteroatoms. The predicted octanol–water partition coefficient (Wildman–Crippen LogP) is 4.43. The van der Waals surface area contributed by atoms with E-state index in [-0.39, 0.29) is 5.92 Å². The molecule has 118 valence electrons. The summed E-state index contributed by atoms with van der Waals surface area (Å²) < 4.78 is 0. The molecule has 0 saturated carbocycles. The highest BCUT2D eigenvalue weighted by Crippen LogP contribution is 2.24. The number of piperidine rings is 1. The Morgan fingerprint density at radius 2 is 1.90 bits per heavy atom. The number of nitrogens with zero attached hydrogens (tertiary/aromatic N) is 2. The van der Waals surface area contributed by atoms with Crippen molar-refractivity contribution in [3.8, 4) is 0 Å². The van der Waals surface area contributed by atoms with Gasteiger partial charge in [0.2, 0.25) is 0 Å². The van der Waals surface area contributed by atoms with Crippen LogP contribution in [0.4, 0.5) is 5.82 Å². The van der Waals surface area contributed by atoms with Gasteiger partial charge >= 0.3 is 0 Å². The van der Waals surface area contributed by atoms with Gasteiger partial charge in [0.05, 0.1) is 0 Å². The molecule has 1 aliphatic rings. The summed E-state index contributed by atoms with van der Waals surface area (Å²) in [6, 6.07) is 4.27. The summed E-state index contributed by atoms with van der Waals surface area (Å²) in [6.45, 7) is 12.2. The smallest absolute Gasteiger partial charge is 0.135 e. The van der Waals surface area contributed by atoms with Crippen molar-refractivity contribution in [3.05, 3.63) is 23.9 Å². The second kappa shape index (κ2) is 8.81. The normalized spacial score (nSPS) is 15.6. The minimum atomic E-state index is 0.274. The van der Waals surface area contributed by atoms with Crippen LogP contribution in [-0.2, 0) is 4.79 Å². The molecular weight excluding hydrogens is 260 g/mol. The zero-order chi connectivity index (χ0) is 15.8. The van der Waals surface area contributed by atoms with Gasteiger partial charge < -0.3 is 4.90 Å². The molecule has 0 spiro atoms. The molecule has 21 heavy (non-hydrogen) atoms. The molecule has 1 aromatic rings. The average Bonchev–Trinajstić information content (AvgIpc) is 2.56. The Morgan fingerprint density at radius 3 is 2.33 bits per heavy atom. The lowest BCUT2D eigenvalue weighted by Gasteiger charge is -2.32. The van der Waals surface area contributed by atoms with Gasteiger partial charge in [-0.3, -0.25) is 4.79 Å². The third-order valence-corrected chi connectivity index (χ3v) is 4.06. The molecule has 0 unspecified atom stereocenters. The first-order chi connectivity index (χ1) is 10.1. The molecule has 1 fully saturated rings. The quantitative estimate of drug-likeness (QED) is 0.822. The molecule has 0 aromatic carbocycles. The van der Waals surface area contributed by atoms with Crippen molar-refractivity contribution in [3.63, 3.8) is 0 Å². The van der Waals surface area contributed by atoms with E-state index in [4.69, 9.17) is 0 Å². The first-order valence-corrected chi connectivity index (χ1v) is 8.35. The largest absolute Gasteiger partial charge is 0.357 e. The van der Waals surface area contributed by atoms with Gasteiger partial charge in [0.25, 0.3) is 0 Å². The Hall–Kier alpha value is -1.38. The maximum atomic E-state index is 11.7. The molecule has 0 N–H and O–H groups in total.